The molecule has 1 aromatic carbocycles. The molecule has 3 heterocycles. The van der Waals surface area contributed by atoms with Gasteiger partial charge in [0.2, 0.25) is 0 Å². The zero-order chi connectivity index (χ0) is 25.5. The number of pyridine rings is 2. The second-order valence-electron chi connectivity index (χ2n) is 9.21. The third-order valence-corrected chi connectivity index (χ3v) is 8.36. The molecule has 1 fully saturated rings. The van der Waals surface area contributed by atoms with Crippen LogP contribution in [0.25, 0.3) is 10.9 Å². The number of ether oxygens (including phenoxy) is 1. The number of nitrogens with zero attached hydrogens (tertiary/aromatic N) is 3. The highest BCUT2D eigenvalue weighted by Gasteiger charge is 2.41. The Morgan fingerprint density at radius 3 is 2.78 bits per heavy atom. The van der Waals surface area contributed by atoms with Crippen LogP contribution in [0.3, 0.4) is 0 Å². The molecule has 1 unspecified atom stereocenters. The molecular formula is C27H31ClFN3O3S. The number of thioether (sulfide) groups is 1. The molecule has 0 saturated carbocycles. The van der Waals surface area contributed by atoms with E-state index in [2.05, 4.69) is 14.9 Å². The molecule has 0 bridgehead atoms. The standard InChI is InChI=1S/C27H31ClFN3O3S/c1-35-19-6-7-23-20(17-19)25(21(28)18-31-23)22(29)8-9-27(26(33)34)10-14-32(15-11-27)13-4-16-36-24-5-2-3-12-30-24/h2-3,5-7,12,17-18,22H,4,8-11,13-16H2,1H3,(H,33,34). The Morgan fingerprint density at radius 2 is 2.08 bits per heavy atom. The summed E-state index contributed by atoms with van der Waals surface area (Å²) in [5.41, 5.74) is 0.0561. The summed E-state index contributed by atoms with van der Waals surface area (Å²) in [5, 5.41) is 11.9. The van der Waals surface area contributed by atoms with Crippen molar-refractivity contribution in [3.8, 4) is 5.75 Å². The van der Waals surface area contributed by atoms with Gasteiger partial charge in [0.25, 0.3) is 0 Å². The van der Waals surface area contributed by atoms with Crippen molar-refractivity contribution in [2.75, 3.05) is 32.5 Å². The maximum Gasteiger partial charge on any atom is 0.309 e. The van der Waals surface area contributed by atoms with Crippen molar-refractivity contribution in [3.05, 3.63) is 59.4 Å². The fourth-order valence-electron chi connectivity index (χ4n) is 4.83. The third-order valence-electron chi connectivity index (χ3n) is 7.03. The lowest BCUT2D eigenvalue weighted by molar-refractivity contribution is -0.153. The van der Waals surface area contributed by atoms with Crippen molar-refractivity contribution < 1.29 is 19.0 Å². The SMILES string of the molecule is COc1ccc2ncc(Cl)c(C(F)CCC3(C(=O)O)CCN(CCCSc4ccccn4)CC3)c2c1. The predicted octanol–water partition coefficient (Wildman–Crippen LogP) is 6.43. The molecule has 3 aromatic rings. The molecule has 0 amide bonds. The zero-order valence-corrected chi connectivity index (χ0v) is 21.9. The van der Waals surface area contributed by atoms with Gasteiger partial charge in [-0.3, -0.25) is 9.78 Å². The van der Waals surface area contributed by atoms with Crippen molar-refractivity contribution in [2.45, 2.75) is 43.3 Å². The van der Waals surface area contributed by atoms with E-state index in [1.807, 2.05) is 18.2 Å². The smallest absolute Gasteiger partial charge is 0.309 e. The van der Waals surface area contributed by atoms with Crippen LogP contribution in [0.1, 0.15) is 43.8 Å². The maximum absolute atomic E-state index is 15.6. The number of carboxylic acid groups (broad SMARTS) is 1. The number of carboxylic acids is 1. The van der Waals surface area contributed by atoms with E-state index >= 15 is 4.39 Å². The molecule has 1 N–H and O–H groups in total. The van der Waals surface area contributed by atoms with Gasteiger partial charge in [-0.05, 0) is 82.1 Å². The van der Waals surface area contributed by atoms with Gasteiger partial charge in [0.1, 0.15) is 11.9 Å². The summed E-state index contributed by atoms with van der Waals surface area (Å²) in [7, 11) is 1.55. The average Bonchev–Trinajstić information content (AvgIpc) is 2.90. The number of rotatable bonds is 11. The number of carbonyl (C=O) groups is 1. The summed E-state index contributed by atoms with van der Waals surface area (Å²) in [4.78, 5) is 23.2. The second kappa shape index (κ2) is 12.2. The second-order valence-corrected chi connectivity index (χ2v) is 10.7. The molecule has 0 radical (unpaired) electrons. The van der Waals surface area contributed by atoms with Crippen molar-refractivity contribution >= 4 is 40.2 Å². The monoisotopic (exact) mass is 531 g/mol. The highest BCUT2D eigenvalue weighted by molar-refractivity contribution is 7.99. The van der Waals surface area contributed by atoms with E-state index in [1.165, 1.54) is 6.20 Å². The first-order valence-corrected chi connectivity index (χ1v) is 13.5. The van der Waals surface area contributed by atoms with E-state index in [9.17, 15) is 9.90 Å². The molecule has 2 aromatic heterocycles. The number of alkyl halides is 1. The Hall–Kier alpha value is -2.42. The largest absolute Gasteiger partial charge is 0.497 e. The minimum Gasteiger partial charge on any atom is -0.497 e. The van der Waals surface area contributed by atoms with Gasteiger partial charge in [0.15, 0.2) is 0 Å². The molecule has 1 saturated heterocycles. The molecule has 192 valence electrons. The van der Waals surface area contributed by atoms with Gasteiger partial charge in [-0.2, -0.15) is 0 Å². The lowest BCUT2D eigenvalue weighted by Gasteiger charge is -2.39. The first-order chi connectivity index (χ1) is 17.4. The number of benzene rings is 1. The maximum atomic E-state index is 15.6. The van der Waals surface area contributed by atoms with Gasteiger partial charge < -0.3 is 14.7 Å². The lowest BCUT2D eigenvalue weighted by atomic mass is 9.74. The molecule has 1 aliphatic rings. The molecule has 36 heavy (non-hydrogen) atoms. The quantitative estimate of drug-likeness (QED) is 0.225. The van der Waals surface area contributed by atoms with Gasteiger partial charge in [-0.1, -0.05) is 17.7 Å². The van der Waals surface area contributed by atoms with Crippen molar-refractivity contribution in [3.63, 3.8) is 0 Å². The Morgan fingerprint density at radius 1 is 1.28 bits per heavy atom. The van der Waals surface area contributed by atoms with E-state index in [1.54, 1.807) is 43.3 Å². The Balaban J connectivity index is 1.34. The summed E-state index contributed by atoms with van der Waals surface area (Å²) >= 11 is 8.09. The first-order valence-electron chi connectivity index (χ1n) is 12.2. The summed E-state index contributed by atoms with van der Waals surface area (Å²) in [6.07, 6.45) is 4.23. The van der Waals surface area contributed by atoms with Crippen LogP contribution in [0.5, 0.6) is 5.75 Å². The predicted molar refractivity (Wildman–Crippen MR) is 142 cm³/mol. The number of halogens is 2. The van der Waals surface area contributed by atoms with E-state index in [0.717, 1.165) is 23.7 Å². The van der Waals surface area contributed by atoms with Gasteiger partial charge in [0, 0.05) is 29.1 Å². The molecule has 0 aliphatic carbocycles. The molecule has 9 heteroatoms. The van der Waals surface area contributed by atoms with Gasteiger partial charge in [-0.15, -0.1) is 11.8 Å². The van der Waals surface area contributed by atoms with E-state index in [-0.39, 0.29) is 17.9 Å². The number of hydrogen-bond acceptors (Lipinski definition) is 6. The molecule has 0 spiro atoms. The van der Waals surface area contributed by atoms with Crippen molar-refractivity contribution in [2.24, 2.45) is 5.41 Å². The van der Waals surface area contributed by atoms with Crippen LogP contribution in [0.4, 0.5) is 4.39 Å². The number of piperidine rings is 1. The number of hydrogen-bond donors (Lipinski definition) is 1. The fourth-order valence-corrected chi connectivity index (χ4v) is 5.90. The molecule has 1 atom stereocenters. The summed E-state index contributed by atoms with van der Waals surface area (Å²) in [6.45, 7) is 2.32. The van der Waals surface area contributed by atoms with Gasteiger partial charge in [-0.25, -0.2) is 9.37 Å². The molecular weight excluding hydrogens is 501 g/mol. The van der Waals surface area contributed by atoms with Crippen molar-refractivity contribution in [1.82, 2.24) is 14.9 Å². The van der Waals surface area contributed by atoms with Crippen LogP contribution < -0.4 is 4.74 Å². The Kier molecular flexibility index (Phi) is 9.04. The highest BCUT2D eigenvalue weighted by Crippen LogP contribution is 2.42. The van der Waals surface area contributed by atoms with Gasteiger partial charge in [0.05, 0.1) is 28.1 Å². The van der Waals surface area contributed by atoms with Crippen molar-refractivity contribution in [1.29, 1.82) is 0 Å². The lowest BCUT2D eigenvalue weighted by Crippen LogP contribution is -2.44. The normalized spacial score (nSPS) is 16.6. The fraction of sp³-hybridized carbons (Fsp3) is 0.444. The van der Waals surface area contributed by atoms with E-state index in [4.69, 9.17) is 16.3 Å². The zero-order valence-electron chi connectivity index (χ0n) is 20.3. The highest BCUT2D eigenvalue weighted by atomic mass is 35.5. The first kappa shape index (κ1) is 26.6. The van der Waals surface area contributed by atoms with E-state index in [0.29, 0.717) is 48.1 Å². The minimum atomic E-state index is -1.40. The Labute approximate surface area is 220 Å². The average molecular weight is 532 g/mol. The molecule has 1 aliphatic heterocycles. The van der Waals surface area contributed by atoms with Crippen LogP contribution >= 0.6 is 23.4 Å². The summed E-state index contributed by atoms with van der Waals surface area (Å²) < 4.78 is 20.9. The number of methoxy groups -OCH3 is 1. The number of fused-ring (bicyclic) bond motifs is 1. The van der Waals surface area contributed by atoms with E-state index < -0.39 is 17.6 Å². The Bertz CT molecular complexity index is 1180. The van der Waals surface area contributed by atoms with Crippen LogP contribution in [0.2, 0.25) is 5.02 Å². The number of aliphatic carboxylic acids is 1. The molecule has 6 nitrogen and oxygen atoms in total. The van der Waals surface area contributed by atoms with Crippen LogP contribution in [-0.4, -0.2) is 58.4 Å². The van der Waals surface area contributed by atoms with Crippen LogP contribution in [0, 0.1) is 5.41 Å². The number of aromatic nitrogens is 2. The summed E-state index contributed by atoms with van der Waals surface area (Å²) in [6, 6.07) is 11.2. The topological polar surface area (TPSA) is 75.6 Å². The minimum absolute atomic E-state index is 0.0864. The summed E-state index contributed by atoms with van der Waals surface area (Å²) in [5.74, 6) is 0.715. The van der Waals surface area contributed by atoms with Gasteiger partial charge >= 0.3 is 5.97 Å². The number of likely N-dealkylation sites (tertiary alicyclic amines) is 1. The molecule has 4 rings (SSSR count). The third kappa shape index (κ3) is 6.28. The van der Waals surface area contributed by atoms with Crippen LogP contribution in [-0.2, 0) is 4.79 Å². The van der Waals surface area contributed by atoms with Crippen LogP contribution in [0.15, 0.2) is 53.8 Å².